The normalized spacial score (nSPS) is 9.83. The van der Waals surface area contributed by atoms with Crippen LogP contribution in [0, 0.1) is 0 Å². The Hall–Kier alpha value is -3.10. The van der Waals surface area contributed by atoms with Gasteiger partial charge in [-0.3, -0.25) is 0 Å². The molecule has 158 valence electrons. The van der Waals surface area contributed by atoms with Crippen molar-refractivity contribution in [2.75, 3.05) is 26.2 Å². The number of carbonyl (C=O) groups is 2. The molecule has 0 aliphatic rings. The van der Waals surface area contributed by atoms with Crippen molar-refractivity contribution >= 4 is 11.9 Å². The fourth-order valence-electron chi connectivity index (χ4n) is 2.14. The molecule has 29 heavy (non-hydrogen) atoms. The maximum atomic E-state index is 9.10. The lowest BCUT2D eigenvalue weighted by atomic mass is 10.2. The summed E-state index contributed by atoms with van der Waals surface area (Å²) in [6, 6.07) is 17.9. The van der Waals surface area contributed by atoms with E-state index in [0.29, 0.717) is 13.2 Å². The second-order valence-electron chi connectivity index (χ2n) is 5.95. The van der Waals surface area contributed by atoms with Gasteiger partial charge in [0.05, 0.1) is 6.61 Å². The molecule has 0 fully saturated rings. The predicted molar refractivity (Wildman–Crippen MR) is 109 cm³/mol. The van der Waals surface area contributed by atoms with Crippen molar-refractivity contribution in [3.8, 4) is 11.5 Å². The van der Waals surface area contributed by atoms with Gasteiger partial charge in [0.25, 0.3) is 0 Å². The third-order valence-corrected chi connectivity index (χ3v) is 3.59. The Morgan fingerprint density at radius 3 is 1.97 bits per heavy atom. The van der Waals surface area contributed by atoms with Crippen molar-refractivity contribution < 1.29 is 29.3 Å². The molecule has 0 radical (unpaired) electrons. The first kappa shape index (κ1) is 23.9. The number of ether oxygens (including phenoxy) is 2. The van der Waals surface area contributed by atoms with Crippen LogP contribution in [-0.2, 0) is 16.2 Å². The Kier molecular flexibility index (Phi) is 12.3. The van der Waals surface area contributed by atoms with E-state index in [1.807, 2.05) is 42.5 Å². The van der Waals surface area contributed by atoms with E-state index in [-0.39, 0.29) is 0 Å². The van der Waals surface area contributed by atoms with Crippen molar-refractivity contribution in [2.24, 2.45) is 5.73 Å². The number of benzene rings is 2. The van der Waals surface area contributed by atoms with Crippen LogP contribution in [0.2, 0.25) is 0 Å². The van der Waals surface area contributed by atoms with Crippen molar-refractivity contribution in [1.29, 1.82) is 0 Å². The molecule has 0 aliphatic heterocycles. The van der Waals surface area contributed by atoms with Crippen LogP contribution in [0.4, 0.5) is 0 Å². The quantitative estimate of drug-likeness (QED) is 0.331. The van der Waals surface area contributed by atoms with Gasteiger partial charge in [-0.15, -0.1) is 0 Å². The van der Waals surface area contributed by atoms with E-state index in [1.165, 1.54) is 0 Å². The Labute approximate surface area is 170 Å². The van der Waals surface area contributed by atoms with E-state index in [2.05, 4.69) is 17.4 Å². The van der Waals surface area contributed by atoms with Crippen LogP contribution in [0.25, 0.3) is 0 Å². The van der Waals surface area contributed by atoms with Gasteiger partial charge in [-0.05, 0) is 49.2 Å². The molecule has 0 spiro atoms. The lowest BCUT2D eigenvalue weighted by Crippen LogP contribution is -2.23. The topological polar surface area (TPSA) is 131 Å². The number of nitrogens with one attached hydrogen (secondary N) is 1. The highest BCUT2D eigenvalue weighted by Gasteiger charge is 2.04. The second kappa shape index (κ2) is 14.9. The number of hydrogen-bond donors (Lipinski definition) is 4. The zero-order valence-electron chi connectivity index (χ0n) is 16.3. The van der Waals surface area contributed by atoms with Gasteiger partial charge in [0.2, 0.25) is 0 Å². The first-order chi connectivity index (χ1) is 14.0. The molecule has 8 heteroatoms. The molecular formula is C21H28N2O6. The summed E-state index contributed by atoms with van der Waals surface area (Å²) in [7, 11) is 0. The maximum absolute atomic E-state index is 9.10. The van der Waals surface area contributed by atoms with E-state index in [9.17, 15) is 0 Å². The lowest BCUT2D eigenvalue weighted by molar-refractivity contribution is -0.159. The van der Waals surface area contributed by atoms with E-state index < -0.39 is 11.9 Å². The maximum Gasteiger partial charge on any atom is 0.414 e. The fourth-order valence-corrected chi connectivity index (χ4v) is 2.14. The molecule has 2 rings (SSSR count). The van der Waals surface area contributed by atoms with Crippen molar-refractivity contribution in [2.45, 2.75) is 19.4 Å². The monoisotopic (exact) mass is 404 g/mol. The molecule has 0 aromatic heterocycles. The number of carboxylic acids is 2. The summed E-state index contributed by atoms with van der Waals surface area (Å²) >= 11 is 0. The van der Waals surface area contributed by atoms with E-state index in [4.69, 9.17) is 35.0 Å². The third kappa shape index (κ3) is 12.1. The minimum Gasteiger partial charge on any atom is -0.494 e. The molecule has 0 atom stereocenters. The summed E-state index contributed by atoms with van der Waals surface area (Å²) in [6.07, 6.45) is 2.13. The van der Waals surface area contributed by atoms with Gasteiger partial charge in [0, 0.05) is 13.1 Å². The molecule has 0 aliphatic carbocycles. The van der Waals surface area contributed by atoms with Gasteiger partial charge < -0.3 is 30.7 Å². The summed E-state index contributed by atoms with van der Waals surface area (Å²) in [6.45, 7) is 3.87. The van der Waals surface area contributed by atoms with Crippen LogP contribution in [0.5, 0.6) is 11.5 Å². The summed E-state index contributed by atoms with van der Waals surface area (Å²) in [4.78, 5) is 18.2. The van der Waals surface area contributed by atoms with Gasteiger partial charge in [-0.2, -0.15) is 0 Å². The number of nitrogens with two attached hydrogens (primary N) is 1. The SMILES string of the molecule is NCCNCCCCOc1ccc(OCc2ccccc2)cc1.O=C(O)C(=O)O. The minimum absolute atomic E-state index is 0.580. The zero-order valence-corrected chi connectivity index (χ0v) is 16.3. The van der Waals surface area contributed by atoms with Crippen LogP contribution in [0.3, 0.4) is 0 Å². The molecule has 0 unspecified atom stereocenters. The van der Waals surface area contributed by atoms with Crippen LogP contribution in [0.1, 0.15) is 18.4 Å². The van der Waals surface area contributed by atoms with Crippen LogP contribution in [-0.4, -0.2) is 48.4 Å². The Bertz CT molecular complexity index is 695. The highest BCUT2D eigenvalue weighted by Crippen LogP contribution is 2.18. The smallest absolute Gasteiger partial charge is 0.414 e. The highest BCUT2D eigenvalue weighted by molar-refractivity contribution is 6.27. The number of unbranched alkanes of at least 4 members (excludes halogenated alkanes) is 1. The Morgan fingerprint density at radius 1 is 0.828 bits per heavy atom. The molecular weight excluding hydrogens is 376 g/mol. The number of hydrogen-bond acceptors (Lipinski definition) is 6. The van der Waals surface area contributed by atoms with E-state index >= 15 is 0 Å². The average molecular weight is 404 g/mol. The number of aliphatic carboxylic acids is 2. The summed E-state index contributed by atoms with van der Waals surface area (Å²) in [5.74, 6) is -1.91. The summed E-state index contributed by atoms with van der Waals surface area (Å²) in [5, 5.41) is 18.1. The third-order valence-electron chi connectivity index (χ3n) is 3.59. The van der Waals surface area contributed by atoms with Crippen molar-refractivity contribution in [3.63, 3.8) is 0 Å². The van der Waals surface area contributed by atoms with Gasteiger partial charge in [-0.25, -0.2) is 9.59 Å². The van der Waals surface area contributed by atoms with Gasteiger partial charge in [-0.1, -0.05) is 30.3 Å². The molecule has 0 bridgehead atoms. The lowest BCUT2D eigenvalue weighted by Gasteiger charge is -2.09. The highest BCUT2D eigenvalue weighted by atomic mass is 16.5. The number of carboxylic acid groups (broad SMARTS) is 2. The molecule has 2 aromatic carbocycles. The second-order valence-corrected chi connectivity index (χ2v) is 5.95. The average Bonchev–Trinajstić information content (AvgIpc) is 2.73. The molecule has 2 aromatic rings. The molecule has 0 amide bonds. The van der Waals surface area contributed by atoms with Gasteiger partial charge in [0.1, 0.15) is 18.1 Å². The van der Waals surface area contributed by atoms with Crippen LogP contribution in [0.15, 0.2) is 54.6 Å². The predicted octanol–water partition coefficient (Wildman–Crippen LogP) is 2.13. The van der Waals surface area contributed by atoms with Crippen LogP contribution >= 0.6 is 0 Å². The van der Waals surface area contributed by atoms with Crippen molar-refractivity contribution in [1.82, 2.24) is 5.32 Å². The van der Waals surface area contributed by atoms with E-state index in [1.54, 1.807) is 0 Å². The van der Waals surface area contributed by atoms with E-state index in [0.717, 1.165) is 49.6 Å². The molecule has 0 saturated heterocycles. The molecule has 8 nitrogen and oxygen atoms in total. The summed E-state index contributed by atoms with van der Waals surface area (Å²) < 4.78 is 11.5. The molecule has 5 N–H and O–H groups in total. The van der Waals surface area contributed by atoms with Crippen LogP contribution < -0.4 is 20.5 Å². The largest absolute Gasteiger partial charge is 0.494 e. The molecule has 0 heterocycles. The van der Waals surface area contributed by atoms with Gasteiger partial charge in [0.15, 0.2) is 0 Å². The Balaban J connectivity index is 0.000000612. The zero-order chi connectivity index (χ0) is 21.3. The van der Waals surface area contributed by atoms with Crippen molar-refractivity contribution in [3.05, 3.63) is 60.2 Å². The first-order valence-electron chi connectivity index (χ1n) is 9.29. The standard InChI is InChI=1S/C19H26N2O2.C2H2O4/c20-12-14-21-13-4-5-15-22-18-8-10-19(11-9-18)23-16-17-6-2-1-3-7-17;3-1(4)2(5)6/h1-3,6-11,21H,4-5,12-16,20H2;(H,3,4)(H,5,6). The summed E-state index contributed by atoms with van der Waals surface area (Å²) in [5.41, 5.74) is 6.58. The Morgan fingerprint density at radius 2 is 1.41 bits per heavy atom. The van der Waals surface area contributed by atoms with Gasteiger partial charge >= 0.3 is 11.9 Å². The first-order valence-corrected chi connectivity index (χ1v) is 9.29. The number of rotatable bonds is 11. The minimum atomic E-state index is -1.82. The molecule has 0 saturated carbocycles. The fraction of sp³-hybridized carbons (Fsp3) is 0.333.